The number of thioether (sulfide) groups is 1. The van der Waals surface area contributed by atoms with E-state index < -0.39 is 17.3 Å². The molecule has 4 aromatic rings. The van der Waals surface area contributed by atoms with E-state index in [1.54, 1.807) is 24.4 Å². The number of alkyl halides is 3. The lowest BCUT2D eigenvalue weighted by molar-refractivity contribution is -0.138. The minimum atomic E-state index is -4.52. The summed E-state index contributed by atoms with van der Waals surface area (Å²) in [4.78, 5) is 12.9. The Bertz CT molecular complexity index is 1330. The van der Waals surface area contributed by atoms with Gasteiger partial charge in [0.1, 0.15) is 0 Å². The average molecular weight is 485 g/mol. The number of fused-ring (bicyclic) bond motifs is 1. The Balaban J connectivity index is 1.70. The lowest BCUT2D eigenvalue weighted by atomic mass is 10.1. The Morgan fingerprint density at radius 1 is 1.06 bits per heavy atom. The highest BCUT2D eigenvalue weighted by Crippen LogP contribution is 2.33. The Morgan fingerprint density at radius 2 is 1.77 bits per heavy atom. The van der Waals surface area contributed by atoms with Gasteiger partial charge >= 0.3 is 11.7 Å². The van der Waals surface area contributed by atoms with Gasteiger partial charge < -0.3 is 0 Å². The summed E-state index contributed by atoms with van der Waals surface area (Å²) in [5.41, 5.74) is -0.413. The molecule has 0 spiro atoms. The normalized spacial score (nSPS) is 11.9. The molecule has 2 aromatic carbocycles. The first-order valence-electron chi connectivity index (χ1n) is 8.86. The first-order valence-corrected chi connectivity index (χ1v) is 10.6. The number of aromatic nitrogens is 4. The van der Waals surface area contributed by atoms with Crippen molar-refractivity contribution < 1.29 is 13.2 Å². The van der Waals surface area contributed by atoms with Crippen LogP contribution in [0.25, 0.3) is 11.3 Å². The first kappa shape index (κ1) is 21.7. The summed E-state index contributed by atoms with van der Waals surface area (Å²) in [7, 11) is 0. The summed E-state index contributed by atoms with van der Waals surface area (Å²) in [6.07, 6.45) is -1.57. The molecule has 0 unspecified atom stereocenters. The van der Waals surface area contributed by atoms with Crippen molar-refractivity contribution >= 4 is 40.6 Å². The summed E-state index contributed by atoms with van der Waals surface area (Å²) in [5, 5.41) is 9.45. The van der Waals surface area contributed by atoms with Crippen molar-refractivity contribution in [3.05, 3.63) is 85.9 Å². The molecule has 0 radical (unpaired) electrons. The third-order valence-electron chi connectivity index (χ3n) is 4.60. The van der Waals surface area contributed by atoms with Gasteiger partial charge in [-0.3, -0.25) is 13.8 Å². The van der Waals surface area contributed by atoms with E-state index in [-0.39, 0.29) is 16.9 Å². The molecule has 160 valence electrons. The smallest absolute Gasteiger partial charge is 0.279 e. The maximum Gasteiger partial charge on any atom is 0.416 e. The van der Waals surface area contributed by atoms with Crippen LogP contribution in [-0.2, 0) is 11.9 Å². The fraction of sp³-hybridized carbons (Fsp3) is 0.150. The predicted molar refractivity (Wildman–Crippen MR) is 114 cm³/mol. The number of benzene rings is 2. The fourth-order valence-corrected chi connectivity index (χ4v) is 4.61. The van der Waals surface area contributed by atoms with Gasteiger partial charge in [0.25, 0.3) is 0 Å². The third-order valence-corrected chi connectivity index (χ3v) is 6.05. The Labute approximate surface area is 188 Å². The molecule has 0 bridgehead atoms. The Hall–Kier alpha value is -2.49. The van der Waals surface area contributed by atoms with Gasteiger partial charge in [-0.15, -0.1) is 10.2 Å². The van der Waals surface area contributed by atoms with Crippen LogP contribution in [-0.4, -0.2) is 19.2 Å². The maximum atomic E-state index is 13.2. The summed E-state index contributed by atoms with van der Waals surface area (Å²) in [6.45, 7) is 1.33. The van der Waals surface area contributed by atoms with Crippen LogP contribution in [0.15, 0.2) is 58.7 Å². The second-order valence-electron chi connectivity index (χ2n) is 6.66. The van der Waals surface area contributed by atoms with Gasteiger partial charge in [-0.05, 0) is 48.4 Å². The van der Waals surface area contributed by atoms with E-state index in [0.717, 1.165) is 16.2 Å². The van der Waals surface area contributed by atoms with Crippen molar-refractivity contribution in [3.8, 4) is 5.69 Å². The van der Waals surface area contributed by atoms with E-state index in [2.05, 4.69) is 10.2 Å². The standard InChI is InChI=1S/C20H13Cl2F3N4OS/c1-11-15(20(23,24)25)3-2-4-16(11)28-5-6-29-17(18(28)30)26-27-19(29)31-10-12-7-13(21)9-14(22)8-12/h2-9H,10H2,1H3. The molecule has 2 heterocycles. The number of halogens is 5. The van der Waals surface area contributed by atoms with Gasteiger partial charge in [-0.2, -0.15) is 13.2 Å². The Morgan fingerprint density at radius 3 is 2.45 bits per heavy atom. The zero-order valence-electron chi connectivity index (χ0n) is 15.8. The van der Waals surface area contributed by atoms with Crippen molar-refractivity contribution in [2.45, 2.75) is 24.0 Å². The van der Waals surface area contributed by atoms with Crippen LogP contribution in [0.3, 0.4) is 0 Å². The van der Waals surface area contributed by atoms with Crippen molar-refractivity contribution in [3.63, 3.8) is 0 Å². The van der Waals surface area contributed by atoms with Gasteiger partial charge in [-0.25, -0.2) is 0 Å². The quantitative estimate of drug-likeness (QED) is 0.343. The molecule has 11 heteroatoms. The summed E-state index contributed by atoms with van der Waals surface area (Å²) >= 11 is 13.3. The van der Waals surface area contributed by atoms with E-state index >= 15 is 0 Å². The minimum absolute atomic E-state index is 0.00550. The van der Waals surface area contributed by atoms with Crippen LogP contribution < -0.4 is 5.56 Å². The predicted octanol–water partition coefficient (Wildman–Crippen LogP) is 5.81. The highest BCUT2D eigenvalue weighted by molar-refractivity contribution is 7.98. The molecule has 0 amide bonds. The molecule has 31 heavy (non-hydrogen) atoms. The van der Waals surface area contributed by atoms with Crippen LogP contribution in [0, 0.1) is 6.92 Å². The summed E-state index contributed by atoms with van der Waals surface area (Å²) in [6, 6.07) is 8.87. The number of hydrogen-bond acceptors (Lipinski definition) is 4. The lowest BCUT2D eigenvalue weighted by Gasteiger charge is -2.15. The topological polar surface area (TPSA) is 52.2 Å². The lowest BCUT2D eigenvalue weighted by Crippen LogP contribution is -2.22. The van der Waals surface area contributed by atoms with Gasteiger partial charge in [-0.1, -0.05) is 41.0 Å². The third kappa shape index (κ3) is 4.30. The second kappa shape index (κ2) is 8.22. The molecule has 2 aromatic heterocycles. The fourth-order valence-electron chi connectivity index (χ4n) is 3.19. The molecule has 0 saturated heterocycles. The molecule has 0 atom stereocenters. The van der Waals surface area contributed by atoms with Crippen LogP contribution in [0.4, 0.5) is 13.2 Å². The van der Waals surface area contributed by atoms with Crippen LogP contribution >= 0.6 is 35.0 Å². The van der Waals surface area contributed by atoms with Gasteiger partial charge in [0.05, 0.1) is 11.3 Å². The molecular weight excluding hydrogens is 472 g/mol. The van der Waals surface area contributed by atoms with Crippen LogP contribution in [0.1, 0.15) is 16.7 Å². The molecule has 0 aliphatic carbocycles. The molecule has 0 aliphatic heterocycles. The van der Waals surface area contributed by atoms with E-state index in [9.17, 15) is 18.0 Å². The van der Waals surface area contributed by atoms with E-state index in [1.807, 2.05) is 0 Å². The Kier molecular flexibility index (Phi) is 5.76. The molecular formula is C20H13Cl2F3N4OS. The molecule has 5 nitrogen and oxygen atoms in total. The minimum Gasteiger partial charge on any atom is -0.279 e. The highest BCUT2D eigenvalue weighted by Gasteiger charge is 2.33. The van der Waals surface area contributed by atoms with Crippen LogP contribution in [0.2, 0.25) is 10.0 Å². The summed E-state index contributed by atoms with van der Waals surface area (Å²) in [5.74, 6) is 0.483. The summed E-state index contributed by atoms with van der Waals surface area (Å²) < 4.78 is 42.4. The molecule has 0 saturated carbocycles. The van der Waals surface area contributed by atoms with Crippen molar-refractivity contribution in [1.82, 2.24) is 19.2 Å². The zero-order valence-corrected chi connectivity index (χ0v) is 18.1. The molecule has 0 N–H and O–H groups in total. The zero-order chi connectivity index (χ0) is 22.3. The SMILES string of the molecule is Cc1c(-n2ccn3c(SCc4cc(Cl)cc(Cl)c4)nnc3c2=O)cccc1C(F)(F)F. The van der Waals surface area contributed by atoms with Gasteiger partial charge in [0.15, 0.2) is 5.16 Å². The van der Waals surface area contributed by atoms with Crippen molar-refractivity contribution in [2.24, 2.45) is 0 Å². The average Bonchev–Trinajstić information content (AvgIpc) is 3.09. The highest BCUT2D eigenvalue weighted by atomic mass is 35.5. The van der Waals surface area contributed by atoms with Gasteiger partial charge in [0, 0.05) is 28.2 Å². The van der Waals surface area contributed by atoms with E-state index in [0.29, 0.717) is 21.0 Å². The maximum absolute atomic E-state index is 13.2. The number of nitrogens with zero attached hydrogens (tertiary/aromatic N) is 4. The molecule has 0 fully saturated rings. The number of rotatable bonds is 4. The first-order chi connectivity index (χ1) is 14.6. The van der Waals surface area contributed by atoms with Gasteiger partial charge in [0.2, 0.25) is 5.65 Å². The largest absolute Gasteiger partial charge is 0.416 e. The second-order valence-corrected chi connectivity index (χ2v) is 8.48. The monoisotopic (exact) mass is 484 g/mol. The molecule has 4 rings (SSSR count). The molecule has 0 aliphatic rings. The van der Waals surface area contributed by atoms with Crippen LogP contribution in [0.5, 0.6) is 0 Å². The van der Waals surface area contributed by atoms with E-state index in [1.165, 1.54) is 41.4 Å². The van der Waals surface area contributed by atoms with Crippen molar-refractivity contribution in [2.75, 3.05) is 0 Å². The number of hydrogen-bond donors (Lipinski definition) is 0. The van der Waals surface area contributed by atoms with Crippen molar-refractivity contribution in [1.29, 1.82) is 0 Å². The van der Waals surface area contributed by atoms with E-state index in [4.69, 9.17) is 23.2 Å².